The second-order valence-electron chi connectivity index (χ2n) is 4.75. The Balaban J connectivity index is 2.32. The minimum atomic E-state index is -0.357. The van der Waals surface area contributed by atoms with E-state index in [1.54, 1.807) is 19.0 Å². The Hall–Kier alpha value is -1.16. The van der Waals surface area contributed by atoms with Crippen LogP contribution in [0.5, 0.6) is 0 Å². The molecule has 0 aliphatic carbocycles. The van der Waals surface area contributed by atoms with Gasteiger partial charge in [-0.15, -0.1) is 0 Å². The quantitative estimate of drug-likeness (QED) is 0.872. The van der Waals surface area contributed by atoms with E-state index >= 15 is 0 Å². The lowest BCUT2D eigenvalue weighted by molar-refractivity contribution is 0.549. The lowest BCUT2D eigenvalue weighted by atomic mass is 10.0. The van der Waals surface area contributed by atoms with Gasteiger partial charge in [0.25, 0.3) is 0 Å². The Morgan fingerprint density at radius 1 is 1.29 bits per heavy atom. The largest absolute Gasteiger partial charge is 0.375 e. The third-order valence-electron chi connectivity index (χ3n) is 3.24. The highest BCUT2D eigenvalue weighted by Crippen LogP contribution is 2.27. The van der Waals surface area contributed by atoms with Crippen LogP contribution in [0.25, 0.3) is 0 Å². The summed E-state index contributed by atoms with van der Waals surface area (Å²) in [5, 5.41) is 3.31. The Bertz CT molecular complexity index is 399. The first-order chi connectivity index (χ1) is 8.09. The van der Waals surface area contributed by atoms with Gasteiger partial charge in [-0.05, 0) is 37.9 Å². The van der Waals surface area contributed by atoms with E-state index in [0.29, 0.717) is 17.7 Å². The summed E-state index contributed by atoms with van der Waals surface area (Å²) in [6.45, 7) is 0.971. The van der Waals surface area contributed by atoms with E-state index < -0.39 is 0 Å². The first kappa shape index (κ1) is 12.3. The van der Waals surface area contributed by atoms with Gasteiger partial charge in [-0.25, -0.2) is 8.78 Å². The van der Waals surface area contributed by atoms with Crippen LogP contribution in [0.3, 0.4) is 0 Å². The van der Waals surface area contributed by atoms with Gasteiger partial charge in [-0.2, -0.15) is 0 Å². The fraction of sp³-hybridized carbons (Fsp3) is 0.538. The van der Waals surface area contributed by atoms with Crippen LogP contribution in [-0.4, -0.2) is 26.7 Å². The second kappa shape index (κ2) is 5.00. The molecule has 0 saturated carbocycles. The maximum atomic E-state index is 13.8. The lowest BCUT2D eigenvalue weighted by Crippen LogP contribution is -2.26. The van der Waals surface area contributed by atoms with Gasteiger partial charge in [-0.1, -0.05) is 0 Å². The van der Waals surface area contributed by atoms with E-state index in [9.17, 15) is 8.78 Å². The first-order valence-electron chi connectivity index (χ1n) is 5.97. The standard InChI is InChI=1S/C13H18F2N2/c1-17(2)13-10(8-9-4-3-7-16-9)11(14)5-6-12(13)15/h5-6,9,16H,3-4,7-8H2,1-2H3. The Morgan fingerprint density at radius 2 is 2.00 bits per heavy atom. The molecule has 1 atom stereocenters. The van der Waals surface area contributed by atoms with Crippen LogP contribution in [-0.2, 0) is 6.42 Å². The van der Waals surface area contributed by atoms with Gasteiger partial charge in [-0.3, -0.25) is 0 Å². The first-order valence-corrected chi connectivity index (χ1v) is 5.97. The minimum absolute atomic E-state index is 0.269. The van der Waals surface area contributed by atoms with E-state index in [4.69, 9.17) is 0 Å². The van der Waals surface area contributed by atoms with Crippen LogP contribution in [0.1, 0.15) is 18.4 Å². The molecule has 1 aromatic carbocycles. The van der Waals surface area contributed by atoms with Crippen molar-refractivity contribution in [2.45, 2.75) is 25.3 Å². The maximum absolute atomic E-state index is 13.8. The Morgan fingerprint density at radius 3 is 2.59 bits per heavy atom. The summed E-state index contributed by atoms with van der Waals surface area (Å²) in [6, 6.07) is 2.67. The average molecular weight is 240 g/mol. The maximum Gasteiger partial charge on any atom is 0.146 e. The van der Waals surface area contributed by atoms with Crippen molar-refractivity contribution in [2.24, 2.45) is 0 Å². The molecule has 1 aromatic rings. The number of nitrogens with zero attached hydrogens (tertiary/aromatic N) is 1. The van der Waals surface area contributed by atoms with Gasteiger partial charge in [0.15, 0.2) is 0 Å². The molecule has 1 aliphatic rings. The molecular weight excluding hydrogens is 222 g/mol. The molecule has 2 nitrogen and oxygen atoms in total. The van der Waals surface area contributed by atoms with Gasteiger partial charge in [0.2, 0.25) is 0 Å². The van der Waals surface area contributed by atoms with Crippen LogP contribution in [0.4, 0.5) is 14.5 Å². The SMILES string of the molecule is CN(C)c1c(F)ccc(F)c1CC1CCCN1. The van der Waals surface area contributed by atoms with Gasteiger partial charge in [0.1, 0.15) is 11.6 Å². The van der Waals surface area contributed by atoms with E-state index in [2.05, 4.69) is 5.32 Å². The smallest absolute Gasteiger partial charge is 0.146 e. The molecule has 17 heavy (non-hydrogen) atoms. The van der Waals surface area contributed by atoms with E-state index in [0.717, 1.165) is 19.4 Å². The van der Waals surface area contributed by atoms with Crippen LogP contribution >= 0.6 is 0 Å². The number of benzene rings is 1. The Labute approximate surface area is 101 Å². The van der Waals surface area contributed by atoms with E-state index in [-0.39, 0.29) is 17.7 Å². The van der Waals surface area contributed by atoms with Crippen molar-refractivity contribution in [3.8, 4) is 0 Å². The summed E-state index contributed by atoms with van der Waals surface area (Å²) >= 11 is 0. The summed E-state index contributed by atoms with van der Waals surface area (Å²) in [5.74, 6) is -0.673. The van der Waals surface area contributed by atoms with Crippen LogP contribution in [0, 0.1) is 11.6 Å². The summed E-state index contributed by atoms with van der Waals surface area (Å²) in [7, 11) is 3.48. The molecule has 0 radical (unpaired) electrons. The van der Waals surface area contributed by atoms with Gasteiger partial charge < -0.3 is 10.2 Å². The molecule has 4 heteroatoms. The molecule has 1 fully saturated rings. The van der Waals surface area contributed by atoms with Crippen molar-refractivity contribution in [1.82, 2.24) is 5.32 Å². The monoisotopic (exact) mass is 240 g/mol. The number of hydrogen-bond acceptors (Lipinski definition) is 2. The predicted molar refractivity (Wildman–Crippen MR) is 65.4 cm³/mol. The fourth-order valence-electron chi connectivity index (χ4n) is 2.44. The second-order valence-corrected chi connectivity index (χ2v) is 4.75. The fourth-order valence-corrected chi connectivity index (χ4v) is 2.44. The molecule has 2 rings (SSSR count). The minimum Gasteiger partial charge on any atom is -0.375 e. The highest BCUT2D eigenvalue weighted by Gasteiger charge is 2.21. The molecule has 1 aliphatic heterocycles. The third kappa shape index (κ3) is 2.57. The highest BCUT2D eigenvalue weighted by atomic mass is 19.1. The van der Waals surface area contributed by atoms with Crippen molar-refractivity contribution in [2.75, 3.05) is 25.5 Å². The number of halogens is 2. The normalized spacial score (nSPS) is 19.6. The van der Waals surface area contributed by atoms with Crippen molar-refractivity contribution in [3.63, 3.8) is 0 Å². The average Bonchev–Trinajstić information content (AvgIpc) is 2.76. The predicted octanol–water partition coefficient (Wildman–Crippen LogP) is 2.33. The zero-order chi connectivity index (χ0) is 12.4. The Kier molecular flexibility index (Phi) is 3.62. The van der Waals surface area contributed by atoms with Crippen LogP contribution < -0.4 is 10.2 Å². The van der Waals surface area contributed by atoms with Crippen LogP contribution in [0.2, 0.25) is 0 Å². The van der Waals surface area contributed by atoms with Gasteiger partial charge >= 0.3 is 0 Å². The zero-order valence-corrected chi connectivity index (χ0v) is 10.3. The summed E-state index contributed by atoms with van der Waals surface area (Å²) in [4.78, 5) is 1.64. The summed E-state index contributed by atoms with van der Waals surface area (Å²) in [6.07, 6.45) is 2.69. The third-order valence-corrected chi connectivity index (χ3v) is 3.24. The van der Waals surface area contributed by atoms with Crippen molar-refractivity contribution in [1.29, 1.82) is 0 Å². The molecule has 1 heterocycles. The van der Waals surface area contributed by atoms with Crippen molar-refractivity contribution in [3.05, 3.63) is 29.3 Å². The van der Waals surface area contributed by atoms with Crippen molar-refractivity contribution < 1.29 is 8.78 Å². The molecule has 1 unspecified atom stereocenters. The number of nitrogens with one attached hydrogen (secondary N) is 1. The molecular formula is C13H18F2N2. The van der Waals surface area contributed by atoms with Crippen molar-refractivity contribution >= 4 is 5.69 Å². The van der Waals surface area contributed by atoms with Crippen LogP contribution in [0.15, 0.2) is 12.1 Å². The molecule has 0 bridgehead atoms. The van der Waals surface area contributed by atoms with Gasteiger partial charge in [0.05, 0.1) is 5.69 Å². The summed E-state index contributed by atoms with van der Waals surface area (Å²) < 4.78 is 27.5. The number of anilines is 1. The van der Waals surface area contributed by atoms with E-state index in [1.165, 1.54) is 12.1 Å². The van der Waals surface area contributed by atoms with Gasteiger partial charge in [0, 0.05) is 25.7 Å². The molecule has 0 spiro atoms. The molecule has 94 valence electrons. The zero-order valence-electron chi connectivity index (χ0n) is 10.3. The molecule has 0 aromatic heterocycles. The molecule has 0 amide bonds. The number of rotatable bonds is 3. The highest BCUT2D eigenvalue weighted by molar-refractivity contribution is 5.54. The van der Waals surface area contributed by atoms with E-state index in [1.807, 2.05) is 0 Å². The lowest BCUT2D eigenvalue weighted by Gasteiger charge is -2.21. The topological polar surface area (TPSA) is 15.3 Å². The molecule has 1 N–H and O–H groups in total. The number of hydrogen-bond donors (Lipinski definition) is 1. The molecule has 1 saturated heterocycles. The summed E-state index contributed by atoms with van der Waals surface area (Å²) in [5.41, 5.74) is 0.855.